The van der Waals surface area contributed by atoms with E-state index in [0.29, 0.717) is 44.5 Å². The summed E-state index contributed by atoms with van der Waals surface area (Å²) in [5.74, 6) is -0.160. The molecule has 1 spiro atoms. The van der Waals surface area contributed by atoms with Crippen LogP contribution in [0, 0.1) is 11.3 Å². The molecular formula is C42H53N7O5. The van der Waals surface area contributed by atoms with Crippen LogP contribution in [0.2, 0.25) is 0 Å². The maximum atomic E-state index is 14.0. The molecule has 9 rings (SSSR count). The number of amides is 1. The Kier molecular flexibility index (Phi) is 7.98. The smallest absolute Gasteiger partial charge is 0.255 e. The number of nitrogens with one attached hydrogen (secondary N) is 1. The van der Waals surface area contributed by atoms with Crippen LogP contribution in [0.1, 0.15) is 75.3 Å². The van der Waals surface area contributed by atoms with Crippen molar-refractivity contribution in [3.05, 3.63) is 81.4 Å². The summed E-state index contributed by atoms with van der Waals surface area (Å²) in [7, 11) is 3.57. The molecule has 286 valence electrons. The van der Waals surface area contributed by atoms with Gasteiger partial charge in [0, 0.05) is 94.3 Å². The largest absolute Gasteiger partial charge is 0.496 e. The van der Waals surface area contributed by atoms with Gasteiger partial charge in [0.25, 0.3) is 5.91 Å². The SMILES string of the molecule is CC[C@]1(O)C[C@H]2CN(CCc3c([nH]c4ccccc34)[C@@](C)(c3cc4c(cc3OC)N(C)[C@H]3[C@@](O)(C(=O)N=[N+]=[N-])[C@H](O)[C@]5(CC)C=CCN6CC[C@]43[C@H]65)C2)C1. The van der Waals surface area contributed by atoms with Crippen molar-refractivity contribution in [1.29, 1.82) is 0 Å². The van der Waals surface area contributed by atoms with Crippen LogP contribution in [0.3, 0.4) is 0 Å². The molecule has 4 N–H and O–H groups in total. The maximum Gasteiger partial charge on any atom is 0.255 e. The van der Waals surface area contributed by atoms with Gasteiger partial charge in [-0.25, -0.2) is 0 Å². The Balaban J connectivity index is 1.32. The molecule has 1 amide bonds. The van der Waals surface area contributed by atoms with Gasteiger partial charge in [0.05, 0.1) is 18.8 Å². The van der Waals surface area contributed by atoms with Gasteiger partial charge in [-0.3, -0.25) is 14.6 Å². The summed E-state index contributed by atoms with van der Waals surface area (Å²) in [4.78, 5) is 27.6. The Hall–Kier alpha value is -3.90. The molecule has 0 radical (unpaired) electrons. The molecule has 3 fully saturated rings. The van der Waals surface area contributed by atoms with E-state index in [1.165, 1.54) is 10.9 Å². The summed E-state index contributed by atoms with van der Waals surface area (Å²) in [6.07, 6.45) is 6.66. The molecule has 1 unspecified atom stereocenters. The summed E-state index contributed by atoms with van der Waals surface area (Å²) in [5, 5.41) is 41.8. The van der Waals surface area contributed by atoms with Crippen LogP contribution in [0.5, 0.6) is 5.75 Å². The number of nitrogens with zero attached hydrogens (tertiary/aromatic N) is 6. The predicted molar refractivity (Wildman–Crippen MR) is 207 cm³/mol. The molecule has 10 atom stereocenters. The third-order valence-corrected chi connectivity index (χ3v) is 15.1. The summed E-state index contributed by atoms with van der Waals surface area (Å²) in [6.45, 7) is 10.2. The number of rotatable bonds is 5. The maximum absolute atomic E-state index is 14.0. The van der Waals surface area contributed by atoms with Crippen LogP contribution in [-0.2, 0) is 22.0 Å². The molecule has 2 aromatic carbocycles. The van der Waals surface area contributed by atoms with Gasteiger partial charge in [-0.05, 0) is 91.8 Å². The number of benzene rings is 2. The van der Waals surface area contributed by atoms with Crippen molar-refractivity contribution in [3.63, 3.8) is 0 Å². The van der Waals surface area contributed by atoms with Crippen LogP contribution in [0.4, 0.5) is 5.69 Å². The quantitative estimate of drug-likeness (QED) is 0.124. The second-order valence-electron chi connectivity index (χ2n) is 17.6. The number of anilines is 1. The van der Waals surface area contributed by atoms with E-state index in [9.17, 15) is 25.6 Å². The molecule has 3 aromatic rings. The van der Waals surface area contributed by atoms with E-state index < -0.39 is 45.5 Å². The highest BCUT2D eigenvalue weighted by atomic mass is 16.5. The van der Waals surface area contributed by atoms with Gasteiger partial charge < -0.3 is 29.9 Å². The average Bonchev–Trinajstić information content (AvgIpc) is 3.83. The Morgan fingerprint density at radius 2 is 1.91 bits per heavy atom. The predicted octanol–water partition coefficient (Wildman–Crippen LogP) is 4.93. The van der Waals surface area contributed by atoms with Crippen molar-refractivity contribution < 1.29 is 24.9 Å². The van der Waals surface area contributed by atoms with Crippen molar-refractivity contribution in [2.24, 2.45) is 16.4 Å². The molecule has 2 bridgehead atoms. The van der Waals surface area contributed by atoms with Crippen molar-refractivity contribution >= 4 is 22.5 Å². The molecule has 12 heteroatoms. The zero-order valence-electron chi connectivity index (χ0n) is 32.0. The summed E-state index contributed by atoms with van der Waals surface area (Å²) in [6, 6.07) is 11.7. The van der Waals surface area contributed by atoms with Crippen LogP contribution >= 0.6 is 0 Å². The van der Waals surface area contributed by atoms with Gasteiger partial charge in [-0.15, -0.1) is 0 Å². The third-order valence-electron chi connectivity index (χ3n) is 15.1. The van der Waals surface area contributed by atoms with Crippen LogP contribution in [0.15, 0.2) is 53.7 Å². The Labute approximate surface area is 316 Å². The monoisotopic (exact) mass is 735 g/mol. The van der Waals surface area contributed by atoms with Gasteiger partial charge >= 0.3 is 0 Å². The summed E-state index contributed by atoms with van der Waals surface area (Å²) >= 11 is 0. The molecule has 2 saturated heterocycles. The molecule has 6 aliphatic rings. The van der Waals surface area contributed by atoms with Crippen molar-refractivity contribution in [2.45, 2.75) is 99.5 Å². The third kappa shape index (κ3) is 4.44. The van der Waals surface area contributed by atoms with Gasteiger partial charge in [0.1, 0.15) is 11.9 Å². The first-order valence-corrected chi connectivity index (χ1v) is 19.8. The second-order valence-corrected chi connectivity index (χ2v) is 17.6. The summed E-state index contributed by atoms with van der Waals surface area (Å²) < 4.78 is 6.37. The number of hydrogen-bond acceptors (Lipinski definition) is 8. The molecule has 12 nitrogen and oxygen atoms in total. The van der Waals surface area contributed by atoms with E-state index in [1.807, 2.05) is 31.0 Å². The lowest BCUT2D eigenvalue weighted by Gasteiger charge is -2.63. The minimum absolute atomic E-state index is 0.201. The Morgan fingerprint density at radius 3 is 2.65 bits per heavy atom. The first-order valence-electron chi connectivity index (χ1n) is 19.8. The fraction of sp³-hybridized carbons (Fsp3) is 0.595. The van der Waals surface area contributed by atoms with Crippen molar-refractivity contribution in [2.75, 3.05) is 51.8 Å². The molecule has 6 heterocycles. The number of aromatic nitrogens is 1. The average molecular weight is 736 g/mol. The number of aliphatic hydroxyl groups excluding tert-OH is 1. The van der Waals surface area contributed by atoms with Crippen molar-refractivity contribution in [3.8, 4) is 5.75 Å². The zero-order chi connectivity index (χ0) is 38.0. The molecule has 1 aromatic heterocycles. The lowest BCUT2D eigenvalue weighted by Crippen LogP contribution is -2.80. The topological polar surface area (TPSA) is 161 Å². The molecule has 1 saturated carbocycles. The minimum Gasteiger partial charge on any atom is -0.496 e. The molecule has 5 aliphatic heterocycles. The number of azide groups is 1. The highest BCUT2D eigenvalue weighted by Gasteiger charge is 2.78. The molecular weight excluding hydrogens is 683 g/mol. The summed E-state index contributed by atoms with van der Waals surface area (Å²) in [5.41, 5.74) is 10.3. The van der Waals surface area contributed by atoms with E-state index in [-0.39, 0.29) is 12.0 Å². The van der Waals surface area contributed by atoms with Gasteiger partial charge in [-0.1, -0.05) is 44.2 Å². The standard InChI is InChI=1S/C42H53N7O5/c1-6-39(52)22-25-21-38(3,33-27(13-17-48(23-25)24-39)26-11-8-9-12-30(26)44-33)29-19-28-31(20-32(29)54-5)47(4)35-41(28)15-18-49-16-10-14-40(7-2,34(41)49)36(50)42(35,53)37(51)45-46-43/h8-12,14,19-20,25,34-36,44,50,52-53H,6-7,13,15-18,21-24H2,1-5H3/t25-,34+,35+,36+,38+,39-,40+,41+,42-/m0/s1. The second kappa shape index (κ2) is 12.0. The van der Waals surface area contributed by atoms with Gasteiger partial charge in [-0.2, -0.15) is 0 Å². The van der Waals surface area contributed by atoms with E-state index >= 15 is 0 Å². The van der Waals surface area contributed by atoms with Crippen LogP contribution < -0.4 is 9.64 Å². The number of carbonyl (C=O) groups is 1. The number of fused-ring (bicyclic) bond motifs is 6. The lowest BCUT2D eigenvalue weighted by molar-refractivity contribution is -0.201. The number of likely N-dealkylation sites (N-methyl/N-ethyl adjacent to an activating group) is 1. The highest BCUT2D eigenvalue weighted by Crippen LogP contribution is 2.67. The number of aliphatic hydroxyl groups is 3. The number of carbonyl (C=O) groups excluding carboxylic acids is 1. The first kappa shape index (κ1) is 35.8. The number of para-hydroxylation sites is 1. The number of hydrogen-bond donors (Lipinski definition) is 4. The fourth-order valence-corrected chi connectivity index (χ4v) is 13.0. The van der Waals surface area contributed by atoms with Gasteiger partial charge in [0.15, 0.2) is 5.60 Å². The van der Waals surface area contributed by atoms with E-state index in [1.54, 1.807) is 7.11 Å². The molecule has 54 heavy (non-hydrogen) atoms. The van der Waals surface area contributed by atoms with E-state index in [0.717, 1.165) is 60.5 Å². The normalized spacial score (nSPS) is 39.4. The number of methoxy groups -OCH3 is 1. The Bertz CT molecular complexity index is 2130. The number of aromatic amines is 1. The molecule has 1 aliphatic carbocycles. The first-order chi connectivity index (χ1) is 25.8. The van der Waals surface area contributed by atoms with E-state index in [2.05, 4.69) is 75.1 Å². The number of piperidine rings is 1. The van der Waals surface area contributed by atoms with E-state index in [4.69, 9.17) is 4.74 Å². The fourth-order valence-electron chi connectivity index (χ4n) is 13.0. The lowest BCUT2D eigenvalue weighted by atomic mass is 9.47. The highest BCUT2D eigenvalue weighted by molar-refractivity contribution is 5.91. The minimum atomic E-state index is -2.39. The van der Waals surface area contributed by atoms with Crippen LogP contribution in [-0.4, -0.2) is 112 Å². The Morgan fingerprint density at radius 1 is 1.11 bits per heavy atom. The number of ether oxygens (including phenoxy) is 1. The van der Waals surface area contributed by atoms with Crippen molar-refractivity contribution in [1.82, 2.24) is 14.8 Å². The zero-order valence-corrected chi connectivity index (χ0v) is 32.0. The van der Waals surface area contributed by atoms with Gasteiger partial charge in [0.2, 0.25) is 0 Å². The number of H-pyrrole nitrogens is 1. The van der Waals surface area contributed by atoms with Crippen LogP contribution in [0.25, 0.3) is 21.3 Å².